The summed E-state index contributed by atoms with van der Waals surface area (Å²) in [4.78, 5) is 0. The molecule has 0 aliphatic heterocycles. The van der Waals surface area contributed by atoms with E-state index in [0.29, 0.717) is 26.1 Å². The minimum absolute atomic E-state index is 0.375. The molecule has 2 nitrogen and oxygen atoms in total. The smallest absolute Gasteiger partial charge is 0.0716 e. The minimum atomic E-state index is -0.375. The van der Waals surface area contributed by atoms with E-state index in [1.54, 1.807) is 0 Å². The Morgan fingerprint density at radius 3 is 1.87 bits per heavy atom. The summed E-state index contributed by atoms with van der Waals surface area (Å²) in [5.74, 6) is 6.36. The number of benzene rings is 1. The molecular weight excluding hydrogens is 380 g/mol. The molecule has 0 amide bonds. The average Bonchev–Trinajstić information content (AvgIpc) is 2.79. The van der Waals surface area contributed by atoms with Crippen molar-refractivity contribution in [3.05, 3.63) is 35.9 Å². The molecular formula is C29H48O2. The van der Waals surface area contributed by atoms with Gasteiger partial charge in [0, 0.05) is 19.4 Å². The molecule has 1 N–H and O–H groups in total. The first-order valence-corrected chi connectivity index (χ1v) is 13.1. The molecule has 0 aromatic heterocycles. The summed E-state index contributed by atoms with van der Waals surface area (Å²) >= 11 is 0. The number of unbranched alkanes of at least 4 members (excludes halogenated alkanes) is 14. The molecule has 0 aliphatic carbocycles. The van der Waals surface area contributed by atoms with Crippen molar-refractivity contribution in [3.63, 3.8) is 0 Å². The van der Waals surface area contributed by atoms with Gasteiger partial charge in [-0.1, -0.05) is 121 Å². The maximum Gasteiger partial charge on any atom is 0.0716 e. The first-order valence-electron chi connectivity index (χ1n) is 13.1. The lowest BCUT2D eigenvalue weighted by Crippen LogP contribution is -2.09. The summed E-state index contributed by atoms with van der Waals surface area (Å²) in [6.45, 7) is 3.47. The van der Waals surface area contributed by atoms with Crippen LogP contribution in [0.3, 0.4) is 0 Å². The van der Waals surface area contributed by atoms with E-state index in [1.807, 2.05) is 18.2 Å². The third-order valence-corrected chi connectivity index (χ3v) is 5.82. The van der Waals surface area contributed by atoms with E-state index in [4.69, 9.17) is 4.74 Å². The highest BCUT2D eigenvalue weighted by Crippen LogP contribution is 2.13. The van der Waals surface area contributed by atoms with E-state index in [0.717, 1.165) is 6.42 Å². The summed E-state index contributed by atoms with van der Waals surface area (Å²) < 4.78 is 5.62. The molecule has 0 heterocycles. The Balaban J connectivity index is 1.79. The van der Waals surface area contributed by atoms with E-state index >= 15 is 0 Å². The topological polar surface area (TPSA) is 29.5 Å². The predicted octanol–water partition coefficient (Wildman–Crippen LogP) is 8.22. The highest BCUT2D eigenvalue weighted by atomic mass is 16.5. The molecule has 1 rings (SSSR count). The van der Waals surface area contributed by atoms with E-state index in [-0.39, 0.29) is 6.10 Å². The van der Waals surface area contributed by atoms with Gasteiger partial charge in [0.25, 0.3) is 0 Å². The standard InChI is InChI=1S/C29H48O2/c1-2-3-4-5-6-7-8-9-10-11-12-13-14-15-16-17-21-24-29(30)25-26-31-27-28-22-19-18-20-23-28/h18-20,22-23,29-30H,2-16,24-27H2,1H3/t29-/m1/s1. The lowest BCUT2D eigenvalue weighted by atomic mass is 10.0. The number of aliphatic hydroxyl groups is 1. The Bertz CT molecular complexity index is 543. The number of hydrogen-bond acceptors (Lipinski definition) is 2. The normalized spacial score (nSPS) is 11.8. The third kappa shape index (κ3) is 19.1. The van der Waals surface area contributed by atoms with E-state index < -0.39 is 0 Å². The van der Waals surface area contributed by atoms with Crippen LogP contribution in [0.15, 0.2) is 30.3 Å². The van der Waals surface area contributed by atoms with Crippen LogP contribution in [0.2, 0.25) is 0 Å². The number of rotatable bonds is 20. The van der Waals surface area contributed by atoms with Gasteiger partial charge in [-0.25, -0.2) is 0 Å². The zero-order chi connectivity index (χ0) is 22.2. The van der Waals surface area contributed by atoms with Crippen LogP contribution in [-0.4, -0.2) is 17.8 Å². The van der Waals surface area contributed by atoms with Gasteiger partial charge in [-0.3, -0.25) is 0 Å². The van der Waals surface area contributed by atoms with Gasteiger partial charge in [0.2, 0.25) is 0 Å². The second kappa shape index (κ2) is 21.9. The molecule has 0 saturated heterocycles. The highest BCUT2D eigenvalue weighted by Gasteiger charge is 2.02. The maximum atomic E-state index is 9.99. The van der Waals surface area contributed by atoms with Crippen molar-refractivity contribution < 1.29 is 9.84 Å². The molecule has 1 aromatic rings. The van der Waals surface area contributed by atoms with Crippen LogP contribution in [0.1, 0.15) is 122 Å². The molecule has 31 heavy (non-hydrogen) atoms. The minimum Gasteiger partial charge on any atom is -0.392 e. The summed E-state index contributed by atoms with van der Waals surface area (Å²) in [6.07, 6.45) is 21.2. The predicted molar refractivity (Wildman–Crippen MR) is 134 cm³/mol. The van der Waals surface area contributed by atoms with Gasteiger partial charge >= 0.3 is 0 Å². The monoisotopic (exact) mass is 428 g/mol. The van der Waals surface area contributed by atoms with Crippen molar-refractivity contribution in [2.24, 2.45) is 0 Å². The van der Waals surface area contributed by atoms with Crippen LogP contribution in [0, 0.1) is 11.8 Å². The molecule has 0 bridgehead atoms. The fraction of sp³-hybridized carbons (Fsp3) is 0.724. The molecule has 176 valence electrons. The second-order valence-corrected chi connectivity index (χ2v) is 8.88. The van der Waals surface area contributed by atoms with Crippen LogP contribution in [0.5, 0.6) is 0 Å². The Labute approximate surface area is 193 Å². The molecule has 0 aliphatic rings. The zero-order valence-electron chi connectivity index (χ0n) is 20.3. The van der Waals surface area contributed by atoms with Gasteiger partial charge in [-0.05, 0) is 18.4 Å². The van der Waals surface area contributed by atoms with Gasteiger partial charge in [-0.15, -0.1) is 11.8 Å². The lowest BCUT2D eigenvalue weighted by Gasteiger charge is -2.08. The molecule has 0 spiro atoms. The Morgan fingerprint density at radius 2 is 1.29 bits per heavy atom. The number of aliphatic hydroxyl groups excluding tert-OH is 1. The molecule has 1 aromatic carbocycles. The fourth-order valence-corrected chi connectivity index (χ4v) is 3.77. The van der Waals surface area contributed by atoms with Crippen LogP contribution in [-0.2, 0) is 11.3 Å². The number of ether oxygens (including phenoxy) is 1. The summed E-state index contributed by atoms with van der Waals surface area (Å²) in [5, 5.41) is 9.99. The molecule has 2 heteroatoms. The van der Waals surface area contributed by atoms with E-state index in [2.05, 4.69) is 30.9 Å². The van der Waals surface area contributed by atoms with Crippen LogP contribution >= 0.6 is 0 Å². The van der Waals surface area contributed by atoms with Gasteiger partial charge in [-0.2, -0.15) is 0 Å². The molecule has 0 saturated carbocycles. The largest absolute Gasteiger partial charge is 0.392 e. The van der Waals surface area contributed by atoms with Crippen molar-refractivity contribution in [3.8, 4) is 11.8 Å². The average molecular weight is 429 g/mol. The Morgan fingerprint density at radius 1 is 0.742 bits per heavy atom. The third-order valence-electron chi connectivity index (χ3n) is 5.82. The first kappa shape index (κ1) is 27.7. The second-order valence-electron chi connectivity index (χ2n) is 8.88. The summed E-state index contributed by atoms with van der Waals surface area (Å²) in [5.41, 5.74) is 1.17. The van der Waals surface area contributed by atoms with Crippen LogP contribution in [0.4, 0.5) is 0 Å². The summed E-state index contributed by atoms with van der Waals surface area (Å²) in [6, 6.07) is 10.1. The molecule has 0 unspecified atom stereocenters. The highest BCUT2D eigenvalue weighted by molar-refractivity contribution is 5.13. The van der Waals surface area contributed by atoms with E-state index in [9.17, 15) is 5.11 Å². The Kier molecular flexibility index (Phi) is 19.6. The van der Waals surface area contributed by atoms with E-state index in [1.165, 1.54) is 95.5 Å². The van der Waals surface area contributed by atoms with Crippen molar-refractivity contribution in [1.82, 2.24) is 0 Å². The van der Waals surface area contributed by atoms with Crippen LogP contribution < -0.4 is 0 Å². The SMILES string of the molecule is CCCCCCCCCCCCCCCCC#CC[C@@H](O)CCOCc1ccccc1. The Hall–Kier alpha value is -1.30. The molecule has 0 fully saturated rings. The van der Waals surface area contributed by atoms with Gasteiger partial charge in [0.05, 0.1) is 12.7 Å². The van der Waals surface area contributed by atoms with Gasteiger partial charge in [0.1, 0.15) is 0 Å². The lowest BCUT2D eigenvalue weighted by molar-refractivity contribution is 0.0753. The first-order chi connectivity index (χ1) is 15.3. The number of hydrogen-bond donors (Lipinski definition) is 1. The molecule has 1 atom stereocenters. The van der Waals surface area contributed by atoms with Crippen molar-refractivity contribution in [2.45, 2.75) is 129 Å². The molecule has 0 radical (unpaired) electrons. The van der Waals surface area contributed by atoms with Gasteiger partial charge < -0.3 is 9.84 Å². The van der Waals surface area contributed by atoms with Crippen molar-refractivity contribution >= 4 is 0 Å². The quantitative estimate of drug-likeness (QED) is 0.167. The zero-order valence-corrected chi connectivity index (χ0v) is 20.3. The van der Waals surface area contributed by atoms with Crippen LogP contribution in [0.25, 0.3) is 0 Å². The van der Waals surface area contributed by atoms with Gasteiger partial charge in [0.15, 0.2) is 0 Å². The van der Waals surface area contributed by atoms with Crippen molar-refractivity contribution in [1.29, 1.82) is 0 Å². The fourth-order valence-electron chi connectivity index (χ4n) is 3.77. The summed E-state index contributed by atoms with van der Waals surface area (Å²) in [7, 11) is 0. The maximum absolute atomic E-state index is 9.99. The van der Waals surface area contributed by atoms with Crippen molar-refractivity contribution in [2.75, 3.05) is 6.61 Å².